The van der Waals surface area contributed by atoms with Gasteiger partial charge in [0.2, 0.25) is 0 Å². The van der Waals surface area contributed by atoms with Crippen LogP contribution in [0.15, 0.2) is 53.4 Å². The number of hydrogen-bond donors (Lipinski definition) is 1. The lowest BCUT2D eigenvalue weighted by Gasteiger charge is -2.19. The van der Waals surface area contributed by atoms with Gasteiger partial charge in [-0.1, -0.05) is 29.8 Å². The van der Waals surface area contributed by atoms with E-state index in [0.29, 0.717) is 10.8 Å². The molecule has 0 amide bonds. The predicted molar refractivity (Wildman–Crippen MR) is 87.5 cm³/mol. The van der Waals surface area contributed by atoms with E-state index in [1.807, 2.05) is 31.3 Å². The molecule has 0 saturated heterocycles. The number of rotatable bonds is 6. The van der Waals surface area contributed by atoms with Gasteiger partial charge in [-0.2, -0.15) is 0 Å². The van der Waals surface area contributed by atoms with Crippen LogP contribution in [0.4, 0.5) is 0 Å². The quantitative estimate of drug-likeness (QED) is 0.885. The van der Waals surface area contributed by atoms with Crippen molar-refractivity contribution in [1.29, 1.82) is 0 Å². The second-order valence-corrected chi connectivity index (χ2v) is 6.48. The van der Waals surface area contributed by atoms with E-state index in [0.717, 1.165) is 16.2 Å². The summed E-state index contributed by atoms with van der Waals surface area (Å²) in [5.74, 6) is 1.27. The number of nitrogens with one attached hydrogen (secondary N) is 1. The van der Waals surface area contributed by atoms with Gasteiger partial charge in [0.15, 0.2) is 0 Å². The SMILES string of the molecule is CNC(CS(=O)c1ccc(Cl)cc1)c1ccccc1OC. The van der Waals surface area contributed by atoms with Gasteiger partial charge in [0, 0.05) is 27.3 Å². The Labute approximate surface area is 132 Å². The molecule has 2 aromatic rings. The fourth-order valence-corrected chi connectivity index (χ4v) is 3.52. The monoisotopic (exact) mass is 323 g/mol. The molecular weight excluding hydrogens is 306 g/mol. The standard InChI is InChI=1S/C16H18ClNO2S/c1-18-15(14-5-3-4-6-16(14)20-2)11-21(19)13-9-7-12(17)8-10-13/h3-10,15,18H,11H2,1-2H3. The summed E-state index contributed by atoms with van der Waals surface area (Å²) in [6, 6.07) is 14.8. The molecule has 0 bridgehead atoms. The third-order valence-corrected chi connectivity index (χ3v) is 4.94. The van der Waals surface area contributed by atoms with Gasteiger partial charge in [0.25, 0.3) is 0 Å². The molecule has 0 aromatic heterocycles. The molecule has 5 heteroatoms. The molecule has 0 aliphatic carbocycles. The molecule has 112 valence electrons. The van der Waals surface area contributed by atoms with Crippen molar-refractivity contribution in [2.75, 3.05) is 19.9 Å². The Balaban J connectivity index is 2.19. The molecule has 21 heavy (non-hydrogen) atoms. The fraction of sp³-hybridized carbons (Fsp3) is 0.250. The lowest BCUT2D eigenvalue weighted by atomic mass is 10.1. The molecule has 2 unspecified atom stereocenters. The molecule has 3 nitrogen and oxygen atoms in total. The second kappa shape index (κ2) is 7.59. The number of methoxy groups -OCH3 is 1. The van der Waals surface area contributed by atoms with Crippen LogP contribution >= 0.6 is 11.6 Å². The molecule has 0 aliphatic heterocycles. The van der Waals surface area contributed by atoms with Gasteiger partial charge in [-0.05, 0) is 37.4 Å². The molecule has 0 spiro atoms. The summed E-state index contributed by atoms with van der Waals surface area (Å²) in [4.78, 5) is 0.773. The van der Waals surface area contributed by atoms with Crippen molar-refractivity contribution in [3.63, 3.8) is 0 Å². The Kier molecular flexibility index (Phi) is 5.79. The molecule has 0 saturated carbocycles. The highest BCUT2D eigenvalue weighted by molar-refractivity contribution is 7.85. The third kappa shape index (κ3) is 4.06. The van der Waals surface area contributed by atoms with E-state index < -0.39 is 10.8 Å². The first kappa shape index (κ1) is 16.0. The predicted octanol–water partition coefficient (Wildman–Crippen LogP) is 3.42. The molecule has 0 heterocycles. The maximum absolute atomic E-state index is 12.5. The highest BCUT2D eigenvalue weighted by atomic mass is 35.5. The Morgan fingerprint density at radius 2 is 1.86 bits per heavy atom. The van der Waals surface area contributed by atoms with E-state index in [1.165, 1.54) is 0 Å². The summed E-state index contributed by atoms with van der Waals surface area (Å²) in [6.07, 6.45) is 0. The first-order chi connectivity index (χ1) is 10.2. The summed E-state index contributed by atoms with van der Waals surface area (Å²) in [7, 11) is 2.39. The van der Waals surface area contributed by atoms with Crippen LogP contribution in [0.25, 0.3) is 0 Å². The molecular formula is C16H18ClNO2S. The van der Waals surface area contributed by atoms with Crippen LogP contribution in [-0.2, 0) is 10.8 Å². The lowest BCUT2D eigenvalue weighted by molar-refractivity contribution is 0.404. The van der Waals surface area contributed by atoms with Crippen LogP contribution in [0.1, 0.15) is 11.6 Å². The zero-order chi connectivity index (χ0) is 15.2. The summed E-state index contributed by atoms with van der Waals surface area (Å²) in [5.41, 5.74) is 1.00. The third-order valence-electron chi connectivity index (χ3n) is 3.26. The van der Waals surface area contributed by atoms with Crippen LogP contribution < -0.4 is 10.1 Å². The normalized spacial score (nSPS) is 13.7. The topological polar surface area (TPSA) is 38.3 Å². The molecule has 2 aromatic carbocycles. The highest BCUT2D eigenvalue weighted by Crippen LogP contribution is 2.26. The second-order valence-electron chi connectivity index (χ2n) is 4.55. The smallest absolute Gasteiger partial charge is 0.123 e. The van der Waals surface area contributed by atoms with Crippen molar-refractivity contribution in [1.82, 2.24) is 5.32 Å². The Hall–Kier alpha value is -1.36. The minimum absolute atomic E-state index is 0.0438. The Morgan fingerprint density at radius 1 is 1.19 bits per heavy atom. The van der Waals surface area contributed by atoms with Gasteiger partial charge < -0.3 is 10.1 Å². The van der Waals surface area contributed by atoms with Gasteiger partial charge >= 0.3 is 0 Å². The molecule has 0 aliphatic rings. The van der Waals surface area contributed by atoms with Gasteiger partial charge in [-0.15, -0.1) is 0 Å². The highest BCUT2D eigenvalue weighted by Gasteiger charge is 2.17. The van der Waals surface area contributed by atoms with Gasteiger partial charge in [-0.25, -0.2) is 0 Å². The van der Waals surface area contributed by atoms with Gasteiger partial charge in [0.1, 0.15) is 5.75 Å². The van der Waals surface area contributed by atoms with E-state index >= 15 is 0 Å². The maximum Gasteiger partial charge on any atom is 0.123 e. The lowest BCUT2D eigenvalue weighted by Crippen LogP contribution is -2.23. The van der Waals surface area contributed by atoms with E-state index in [1.54, 1.807) is 31.4 Å². The van der Waals surface area contributed by atoms with Gasteiger partial charge in [-0.3, -0.25) is 4.21 Å². The maximum atomic E-state index is 12.5. The average molecular weight is 324 g/mol. The molecule has 2 atom stereocenters. The Bertz CT molecular complexity index is 616. The number of hydrogen-bond acceptors (Lipinski definition) is 3. The number of ether oxygens (including phenoxy) is 1. The molecule has 1 N–H and O–H groups in total. The Morgan fingerprint density at radius 3 is 2.48 bits per heavy atom. The van der Waals surface area contributed by atoms with Crippen molar-refractivity contribution in [2.24, 2.45) is 0 Å². The van der Waals surface area contributed by atoms with E-state index in [2.05, 4.69) is 5.32 Å². The van der Waals surface area contributed by atoms with Crippen LogP contribution in [0.3, 0.4) is 0 Å². The van der Waals surface area contributed by atoms with E-state index in [4.69, 9.17) is 16.3 Å². The van der Waals surface area contributed by atoms with Crippen molar-refractivity contribution in [3.05, 3.63) is 59.1 Å². The molecule has 0 fully saturated rings. The molecule has 0 radical (unpaired) electrons. The van der Waals surface area contributed by atoms with Crippen molar-refractivity contribution in [2.45, 2.75) is 10.9 Å². The number of benzene rings is 2. The molecule has 2 rings (SSSR count). The largest absolute Gasteiger partial charge is 0.496 e. The minimum Gasteiger partial charge on any atom is -0.496 e. The van der Waals surface area contributed by atoms with E-state index in [-0.39, 0.29) is 6.04 Å². The van der Waals surface area contributed by atoms with Crippen molar-refractivity contribution >= 4 is 22.4 Å². The van der Waals surface area contributed by atoms with Crippen molar-refractivity contribution in [3.8, 4) is 5.75 Å². The van der Waals surface area contributed by atoms with Crippen molar-refractivity contribution < 1.29 is 8.95 Å². The first-order valence-corrected chi connectivity index (χ1v) is 8.29. The van der Waals surface area contributed by atoms with Crippen LogP contribution in [0, 0.1) is 0 Å². The number of para-hydroxylation sites is 1. The van der Waals surface area contributed by atoms with Crippen LogP contribution in [-0.4, -0.2) is 24.1 Å². The first-order valence-electron chi connectivity index (χ1n) is 6.60. The average Bonchev–Trinajstić information content (AvgIpc) is 2.53. The summed E-state index contributed by atoms with van der Waals surface area (Å²) < 4.78 is 17.9. The minimum atomic E-state index is -1.11. The zero-order valence-electron chi connectivity index (χ0n) is 12.0. The van der Waals surface area contributed by atoms with Gasteiger partial charge in [0.05, 0.1) is 17.9 Å². The summed E-state index contributed by atoms with van der Waals surface area (Å²) in [5, 5.41) is 3.85. The number of halogens is 1. The summed E-state index contributed by atoms with van der Waals surface area (Å²) >= 11 is 5.86. The van der Waals surface area contributed by atoms with Crippen LogP contribution in [0.2, 0.25) is 5.02 Å². The van der Waals surface area contributed by atoms with E-state index in [9.17, 15) is 4.21 Å². The van der Waals surface area contributed by atoms with Crippen LogP contribution in [0.5, 0.6) is 5.75 Å². The zero-order valence-corrected chi connectivity index (χ0v) is 13.6. The fourth-order valence-electron chi connectivity index (χ4n) is 2.12. The summed E-state index contributed by atoms with van der Waals surface area (Å²) in [6.45, 7) is 0.